The molecule has 0 unspecified atom stereocenters. The third kappa shape index (κ3) is 5.95. The second kappa shape index (κ2) is 10.1. The van der Waals surface area contributed by atoms with E-state index in [9.17, 15) is 8.42 Å². The van der Waals surface area contributed by atoms with Crippen molar-refractivity contribution in [2.45, 2.75) is 76.2 Å². The lowest BCUT2D eigenvalue weighted by atomic mass is 9.81. The molecular weight excluding hydrogens is 472 g/mol. The molecule has 0 bridgehead atoms. The fraction of sp³-hybridized carbons (Fsp3) is 0.621. The molecule has 1 aromatic heterocycles. The van der Waals surface area contributed by atoms with Gasteiger partial charge in [-0.3, -0.25) is 9.88 Å². The van der Waals surface area contributed by atoms with Gasteiger partial charge in [0, 0.05) is 43.6 Å². The van der Waals surface area contributed by atoms with Crippen LogP contribution < -0.4 is 4.74 Å². The number of hydrogen-bond donors (Lipinski definition) is 0. The predicted octanol–water partition coefficient (Wildman–Crippen LogP) is 5.05. The molecule has 6 nitrogen and oxygen atoms in total. The Labute approximate surface area is 216 Å². The number of aromatic nitrogens is 1. The normalized spacial score (nSPS) is 21.2. The molecule has 1 spiro atoms. The van der Waals surface area contributed by atoms with Gasteiger partial charge in [0.25, 0.3) is 0 Å². The molecule has 2 fully saturated rings. The van der Waals surface area contributed by atoms with E-state index < -0.39 is 9.84 Å². The number of benzene rings is 1. The molecular formula is C29H40N2O4S. The Balaban J connectivity index is 1.22. The summed E-state index contributed by atoms with van der Waals surface area (Å²) in [5.74, 6) is 1.49. The molecule has 196 valence electrons. The average Bonchev–Trinajstić information content (AvgIpc) is 2.84. The molecule has 0 saturated carbocycles. The number of aryl methyl sites for hydroxylation is 1. The highest BCUT2D eigenvalue weighted by molar-refractivity contribution is 7.90. The Morgan fingerprint density at radius 3 is 2.47 bits per heavy atom. The van der Waals surface area contributed by atoms with E-state index in [2.05, 4.69) is 48.9 Å². The Kier molecular flexibility index (Phi) is 7.18. The summed E-state index contributed by atoms with van der Waals surface area (Å²) in [6, 6.07) is 10.2. The lowest BCUT2D eigenvalue weighted by Gasteiger charge is -2.48. The van der Waals surface area contributed by atoms with Crippen LogP contribution in [-0.4, -0.2) is 61.5 Å². The minimum atomic E-state index is -3.16. The zero-order valence-corrected chi connectivity index (χ0v) is 22.8. The highest BCUT2D eigenvalue weighted by Gasteiger charge is 2.41. The van der Waals surface area contributed by atoms with Crippen LogP contribution in [-0.2, 0) is 26.7 Å². The Morgan fingerprint density at radius 1 is 1.06 bits per heavy atom. The van der Waals surface area contributed by atoms with Crippen LogP contribution in [0, 0.1) is 5.92 Å². The summed E-state index contributed by atoms with van der Waals surface area (Å²) in [6.45, 7) is 10.4. The van der Waals surface area contributed by atoms with Crippen molar-refractivity contribution in [2.75, 3.05) is 32.1 Å². The predicted molar refractivity (Wildman–Crippen MR) is 143 cm³/mol. The average molecular weight is 513 g/mol. The molecule has 3 aliphatic rings. The lowest BCUT2D eigenvalue weighted by molar-refractivity contribution is -0.0355. The number of hydrogen-bond acceptors (Lipinski definition) is 6. The number of rotatable bonds is 5. The maximum Gasteiger partial charge on any atom is 0.154 e. The maximum absolute atomic E-state index is 12.7. The van der Waals surface area contributed by atoms with Crippen molar-refractivity contribution in [3.63, 3.8) is 0 Å². The number of likely N-dealkylation sites (tertiary alicyclic amines) is 1. The third-order valence-electron chi connectivity index (χ3n) is 8.20. The largest absolute Gasteiger partial charge is 0.487 e. The summed E-state index contributed by atoms with van der Waals surface area (Å²) in [6.07, 6.45) is 7.59. The van der Waals surface area contributed by atoms with Crippen molar-refractivity contribution in [3.8, 4) is 17.0 Å². The molecule has 3 aliphatic heterocycles. The van der Waals surface area contributed by atoms with Crippen molar-refractivity contribution >= 4 is 9.84 Å². The second-order valence-corrected chi connectivity index (χ2v) is 14.0. The third-order valence-corrected chi connectivity index (χ3v) is 9.95. The van der Waals surface area contributed by atoms with E-state index >= 15 is 0 Å². The van der Waals surface area contributed by atoms with Gasteiger partial charge in [-0.1, -0.05) is 6.07 Å². The van der Waals surface area contributed by atoms with E-state index in [1.54, 1.807) is 6.20 Å². The fourth-order valence-electron chi connectivity index (χ4n) is 5.88. The summed E-state index contributed by atoms with van der Waals surface area (Å²) in [4.78, 5) is 7.17. The second-order valence-electron chi connectivity index (χ2n) is 11.9. The molecule has 7 heteroatoms. The fourth-order valence-corrected chi connectivity index (χ4v) is 7.73. The van der Waals surface area contributed by atoms with E-state index in [0.29, 0.717) is 13.2 Å². The highest BCUT2D eigenvalue weighted by atomic mass is 32.2. The summed E-state index contributed by atoms with van der Waals surface area (Å²) in [5, 5.41) is 0. The zero-order valence-electron chi connectivity index (χ0n) is 22.0. The van der Waals surface area contributed by atoms with Crippen molar-refractivity contribution in [1.29, 1.82) is 0 Å². The molecule has 5 rings (SSSR count). The van der Waals surface area contributed by atoms with Gasteiger partial charge in [-0.05, 0) is 101 Å². The van der Waals surface area contributed by atoms with Crippen LogP contribution in [0.5, 0.6) is 5.75 Å². The summed E-state index contributed by atoms with van der Waals surface area (Å²) in [5.41, 5.74) is 4.07. The monoisotopic (exact) mass is 512 g/mol. The molecule has 2 saturated heterocycles. The molecule has 4 heterocycles. The summed E-state index contributed by atoms with van der Waals surface area (Å²) in [7, 11) is -3.16. The molecule has 36 heavy (non-hydrogen) atoms. The van der Waals surface area contributed by atoms with Gasteiger partial charge >= 0.3 is 0 Å². The van der Waals surface area contributed by atoms with Crippen molar-refractivity contribution < 1.29 is 17.9 Å². The first-order valence-electron chi connectivity index (χ1n) is 13.4. The molecule has 0 aliphatic carbocycles. The summed E-state index contributed by atoms with van der Waals surface area (Å²) < 4.78 is 37.4. The number of sulfone groups is 1. The van der Waals surface area contributed by atoms with E-state index in [4.69, 9.17) is 9.47 Å². The molecule has 0 amide bonds. The van der Waals surface area contributed by atoms with E-state index in [1.807, 2.05) is 12.1 Å². The van der Waals surface area contributed by atoms with Gasteiger partial charge in [0.2, 0.25) is 0 Å². The molecule has 0 N–H and O–H groups in total. The smallest absolute Gasteiger partial charge is 0.154 e. The van der Waals surface area contributed by atoms with Crippen LogP contribution in [0.25, 0.3) is 11.3 Å². The van der Waals surface area contributed by atoms with Gasteiger partial charge in [-0.2, -0.15) is 0 Å². The van der Waals surface area contributed by atoms with Gasteiger partial charge < -0.3 is 9.47 Å². The Bertz CT molecular complexity index is 1160. The van der Waals surface area contributed by atoms with Crippen molar-refractivity contribution in [2.24, 2.45) is 5.92 Å². The van der Waals surface area contributed by atoms with Crippen molar-refractivity contribution in [3.05, 3.63) is 47.7 Å². The molecule has 0 radical (unpaired) electrons. The molecule has 0 atom stereocenters. The summed E-state index contributed by atoms with van der Waals surface area (Å²) >= 11 is 0. The van der Waals surface area contributed by atoms with Gasteiger partial charge in [-0.25, -0.2) is 8.42 Å². The zero-order chi connectivity index (χ0) is 25.4. The topological polar surface area (TPSA) is 68.7 Å². The van der Waals surface area contributed by atoms with Gasteiger partial charge in [0.15, 0.2) is 9.84 Å². The number of ether oxygens (including phenoxy) is 2. The first kappa shape index (κ1) is 25.7. The number of fused-ring (bicyclic) bond motifs is 1. The van der Waals surface area contributed by atoms with Gasteiger partial charge in [-0.15, -0.1) is 0 Å². The van der Waals surface area contributed by atoms with E-state index in [0.717, 1.165) is 74.2 Å². The number of nitrogens with zero attached hydrogens (tertiary/aromatic N) is 2. The Hall–Kier alpha value is -1.96. The molecule has 2 aromatic rings. The minimum Gasteiger partial charge on any atom is -0.487 e. The number of piperidine rings is 1. The highest BCUT2D eigenvalue weighted by Crippen LogP contribution is 2.41. The van der Waals surface area contributed by atoms with Crippen LogP contribution in [0.3, 0.4) is 0 Å². The SMILES string of the molecule is CC(C)(C)N1CCC2(CCc3cc(-c4ccc(CS(=O)(=O)CC5CCOCC5)cn4)ccc3O2)CC1. The van der Waals surface area contributed by atoms with Crippen LogP contribution in [0.1, 0.15) is 64.0 Å². The van der Waals surface area contributed by atoms with Crippen molar-refractivity contribution in [1.82, 2.24) is 9.88 Å². The maximum atomic E-state index is 12.7. The number of pyridine rings is 1. The van der Waals surface area contributed by atoms with Crippen LogP contribution in [0.15, 0.2) is 36.5 Å². The lowest BCUT2D eigenvalue weighted by Crippen LogP contribution is -2.54. The Morgan fingerprint density at radius 2 is 1.81 bits per heavy atom. The standard InChI is InChI=1S/C29H40N2O4S/c1-28(2,3)31-14-12-29(13-15-31)11-8-25-18-24(5-7-27(25)35-29)26-6-4-23(19-30-26)21-36(32,33)20-22-9-16-34-17-10-22/h4-7,18-19,22H,8-17,20-21H2,1-3H3. The first-order chi connectivity index (χ1) is 17.1. The van der Waals surface area contributed by atoms with Crippen LogP contribution in [0.4, 0.5) is 0 Å². The van der Waals surface area contributed by atoms with Gasteiger partial charge in [0.1, 0.15) is 11.4 Å². The van der Waals surface area contributed by atoms with Crippen LogP contribution in [0.2, 0.25) is 0 Å². The quantitative estimate of drug-likeness (QED) is 0.559. The van der Waals surface area contributed by atoms with E-state index in [1.165, 1.54) is 5.56 Å². The molecule has 1 aromatic carbocycles. The minimum absolute atomic E-state index is 0.0354. The first-order valence-corrected chi connectivity index (χ1v) is 15.2. The van der Waals surface area contributed by atoms with Crippen LogP contribution >= 0.6 is 0 Å². The van der Waals surface area contributed by atoms with E-state index in [-0.39, 0.29) is 28.6 Å². The van der Waals surface area contributed by atoms with Gasteiger partial charge in [0.05, 0.1) is 17.2 Å².